The summed E-state index contributed by atoms with van der Waals surface area (Å²) in [6.07, 6.45) is -6.00. The first-order chi connectivity index (χ1) is 20.7. The van der Waals surface area contributed by atoms with Crippen LogP contribution in [0.2, 0.25) is 0 Å². The summed E-state index contributed by atoms with van der Waals surface area (Å²) in [6, 6.07) is 0. The topological polar surface area (TPSA) is 323 Å². The summed E-state index contributed by atoms with van der Waals surface area (Å²) in [6.45, 7) is -1.87. The van der Waals surface area contributed by atoms with Crippen LogP contribution in [0.4, 0.5) is 5.82 Å². The van der Waals surface area contributed by atoms with Crippen molar-refractivity contribution in [1.29, 1.82) is 0 Å². The number of ether oxygens (including phenoxy) is 2. The van der Waals surface area contributed by atoms with Crippen LogP contribution >= 0.6 is 15.6 Å². The van der Waals surface area contributed by atoms with Gasteiger partial charge in [-0.15, -0.1) is 0 Å². The Hall–Kier alpha value is -0.880. The summed E-state index contributed by atoms with van der Waals surface area (Å²) >= 11 is 0. The van der Waals surface area contributed by atoms with Crippen molar-refractivity contribution in [1.82, 2.24) is 24.4 Å². The van der Waals surface area contributed by atoms with Crippen molar-refractivity contribution in [2.75, 3.05) is 18.9 Å². The van der Waals surface area contributed by atoms with E-state index in [1.165, 1.54) is 34.3 Å². The number of nitrogens with zero attached hydrogens (tertiary/aromatic N) is 5. The Kier molecular flexibility index (Phi) is 13.6. The number of anilines is 1. The van der Waals surface area contributed by atoms with Gasteiger partial charge in [-0.25, -0.2) is 19.3 Å². The number of aliphatic hydroxyl groups excluding tert-OH is 4. The molecule has 0 saturated carbocycles. The van der Waals surface area contributed by atoms with Gasteiger partial charge in [0.15, 0.2) is 23.9 Å². The van der Waals surface area contributed by atoms with Crippen LogP contribution in [0.5, 0.6) is 0 Å². The number of rotatable bonds is 11. The Morgan fingerprint density at radius 3 is 2.41 bits per heavy atom. The average Bonchev–Trinajstić information content (AvgIpc) is 3.61. The van der Waals surface area contributed by atoms with Crippen molar-refractivity contribution >= 4 is 38.5 Å². The Labute approximate surface area is 303 Å². The maximum absolute atomic E-state index is 12.5. The third-order valence-corrected chi connectivity index (χ3v) is 9.43. The molecule has 3 aliphatic rings. The van der Waals surface area contributed by atoms with Gasteiger partial charge in [0.25, 0.3) is 15.6 Å². The van der Waals surface area contributed by atoms with Crippen molar-refractivity contribution < 1.29 is 126 Å². The van der Waals surface area contributed by atoms with Crippen LogP contribution in [0, 0.1) is 0 Å². The van der Waals surface area contributed by atoms with Crippen LogP contribution in [-0.2, 0) is 36.8 Å². The molecular formula is C21H27N7Na2O14P2. The number of allylic oxidation sites excluding steroid dienone is 1. The van der Waals surface area contributed by atoms with E-state index in [9.17, 15) is 44.1 Å². The Balaban J connectivity index is 0.00000288. The number of hydrogen-bond acceptors (Lipinski definition) is 19. The quantitative estimate of drug-likeness (QED) is 0.0931. The minimum Gasteiger partial charge on any atom is -0.756 e. The number of carbonyl (C=O) groups excluding carboxylic acids is 1. The SMILES string of the molecule is NC(=O)C1=CN([C@H]2O[C@H](CO)[C@@H](OP(=O)([O-])OP(=O)([O-])OC[C@H]3O[C@@H](n4cnc5c(N)ncnc54)[C@H](O)[C@@H]3O)[C@H]2O)C=CC1.[Na+].[Na+]. The van der Waals surface area contributed by atoms with E-state index in [0.29, 0.717) is 0 Å². The van der Waals surface area contributed by atoms with E-state index >= 15 is 0 Å². The van der Waals surface area contributed by atoms with Crippen LogP contribution < -0.4 is 80.4 Å². The number of phosphoric acid groups is 2. The van der Waals surface area contributed by atoms with E-state index in [4.69, 9.17) is 25.5 Å². The predicted molar refractivity (Wildman–Crippen MR) is 137 cm³/mol. The largest absolute Gasteiger partial charge is 1.00 e. The molecule has 0 aromatic carbocycles. The minimum atomic E-state index is -5.84. The standard InChI is InChI=1S/C21H29N7O14P2.2Na/c22-17-12-19(25-7-24-17)28(8-26-12)21-14(31)13(30)11(40-21)6-38-43(34,35)42-44(36,37)41-16-10(5-29)39-20(15(16)32)27-3-1-2-9(4-27)18(23)33;;/h1,3-4,7-8,10-11,13-16,20-21,29-32H,2,5-6H2,(H2,23,33)(H,34,35)(H,36,37)(H2,22,24,25);;/q;2*+1/p-2/t10-,11-,13-,14-,15-,16-,20+,21-;;/m1../s1. The zero-order valence-electron chi connectivity index (χ0n) is 24.3. The number of primary amides is 1. The Morgan fingerprint density at radius 2 is 1.74 bits per heavy atom. The number of hydrogen-bond donors (Lipinski definition) is 6. The molecule has 0 radical (unpaired) electrons. The summed E-state index contributed by atoms with van der Waals surface area (Å²) in [7, 11) is -11.6. The normalized spacial score (nSPS) is 31.9. The first kappa shape index (κ1) is 39.6. The number of nitrogen functional groups attached to an aromatic ring is 1. The predicted octanol–water partition coefficient (Wildman–Crippen LogP) is -9.94. The molecule has 2 saturated heterocycles. The van der Waals surface area contributed by atoms with Gasteiger partial charge >= 0.3 is 59.1 Å². The first-order valence-corrected chi connectivity index (χ1v) is 15.6. The molecule has 25 heteroatoms. The van der Waals surface area contributed by atoms with Crippen molar-refractivity contribution in [3.8, 4) is 0 Å². The van der Waals surface area contributed by atoms with Crippen LogP contribution in [0.1, 0.15) is 12.6 Å². The molecule has 3 aliphatic heterocycles. The molecule has 5 heterocycles. The van der Waals surface area contributed by atoms with E-state index in [-0.39, 0.29) is 88.1 Å². The number of fused-ring (bicyclic) bond motifs is 1. The molecule has 8 N–H and O–H groups in total. The molecule has 0 spiro atoms. The summed E-state index contributed by atoms with van der Waals surface area (Å²) in [5.74, 6) is -0.720. The van der Waals surface area contributed by atoms with Gasteiger partial charge in [-0.3, -0.25) is 18.5 Å². The maximum atomic E-state index is 12.5. The van der Waals surface area contributed by atoms with E-state index in [0.717, 1.165) is 6.33 Å². The molecule has 5 rings (SSSR count). The van der Waals surface area contributed by atoms with Crippen LogP contribution in [0.3, 0.4) is 0 Å². The fourth-order valence-corrected chi connectivity index (χ4v) is 6.99. The minimum absolute atomic E-state index is 0. The molecule has 2 fully saturated rings. The zero-order valence-corrected chi connectivity index (χ0v) is 30.1. The molecule has 0 bridgehead atoms. The third kappa shape index (κ3) is 8.45. The Morgan fingerprint density at radius 1 is 1.04 bits per heavy atom. The van der Waals surface area contributed by atoms with Gasteiger partial charge in [0.2, 0.25) is 5.91 Å². The second kappa shape index (κ2) is 15.8. The van der Waals surface area contributed by atoms with Crippen molar-refractivity contribution in [3.05, 3.63) is 36.7 Å². The number of carbonyl (C=O) groups is 1. The summed E-state index contributed by atoms with van der Waals surface area (Å²) < 4.78 is 50.6. The summed E-state index contributed by atoms with van der Waals surface area (Å²) in [4.78, 5) is 49.5. The van der Waals surface area contributed by atoms with Crippen LogP contribution in [0.15, 0.2) is 36.7 Å². The van der Waals surface area contributed by atoms with Crippen molar-refractivity contribution in [2.24, 2.45) is 5.73 Å². The molecule has 46 heavy (non-hydrogen) atoms. The van der Waals surface area contributed by atoms with E-state index < -0.39 is 83.8 Å². The molecule has 242 valence electrons. The van der Waals surface area contributed by atoms with E-state index in [1.807, 2.05) is 0 Å². The number of phosphoric ester groups is 2. The van der Waals surface area contributed by atoms with E-state index in [2.05, 4.69) is 23.8 Å². The number of aliphatic hydroxyl groups is 4. The molecule has 0 aliphatic carbocycles. The molecule has 2 aromatic rings. The molecule has 2 aromatic heterocycles. The Bertz CT molecular complexity index is 1570. The van der Waals surface area contributed by atoms with Gasteiger partial charge in [0.1, 0.15) is 48.5 Å². The van der Waals surface area contributed by atoms with Crippen LogP contribution in [0.25, 0.3) is 11.2 Å². The average molecular weight is 709 g/mol. The van der Waals surface area contributed by atoms with Crippen molar-refractivity contribution in [3.63, 3.8) is 0 Å². The van der Waals surface area contributed by atoms with Gasteiger partial charge in [0, 0.05) is 18.0 Å². The smallest absolute Gasteiger partial charge is 0.756 e. The second-order valence-corrected chi connectivity index (χ2v) is 12.7. The van der Waals surface area contributed by atoms with Gasteiger partial charge in [-0.05, 0) is 6.42 Å². The summed E-state index contributed by atoms with van der Waals surface area (Å²) in [5, 5.41) is 41.3. The molecule has 1 amide bonds. The molecule has 21 nitrogen and oxygen atoms in total. The van der Waals surface area contributed by atoms with Gasteiger partial charge in [0.05, 0.1) is 19.5 Å². The molecular weight excluding hydrogens is 682 g/mol. The molecule has 2 unspecified atom stereocenters. The van der Waals surface area contributed by atoms with Gasteiger partial charge < -0.3 is 65.1 Å². The molecule has 10 atom stereocenters. The third-order valence-electron chi connectivity index (χ3n) is 6.87. The zero-order chi connectivity index (χ0) is 32.0. The number of amides is 1. The maximum Gasteiger partial charge on any atom is 1.00 e. The number of aromatic nitrogens is 4. The number of nitrogens with two attached hydrogens (primary N) is 2. The summed E-state index contributed by atoms with van der Waals surface area (Å²) in [5.41, 5.74) is 11.5. The van der Waals surface area contributed by atoms with Gasteiger partial charge in [-0.1, -0.05) is 6.08 Å². The second-order valence-electron chi connectivity index (χ2n) is 9.76. The number of imidazole rings is 1. The van der Waals surface area contributed by atoms with E-state index in [1.54, 1.807) is 0 Å². The fourth-order valence-electron chi connectivity index (χ4n) is 4.77. The monoisotopic (exact) mass is 709 g/mol. The van der Waals surface area contributed by atoms with Crippen molar-refractivity contribution in [2.45, 2.75) is 55.5 Å². The fraction of sp³-hybridized carbons (Fsp3) is 0.524. The van der Waals surface area contributed by atoms with Gasteiger partial charge in [-0.2, -0.15) is 0 Å². The first-order valence-electron chi connectivity index (χ1n) is 12.7. The van der Waals surface area contributed by atoms with Crippen LogP contribution in [-0.4, -0.2) is 107 Å².